The van der Waals surface area contributed by atoms with Gasteiger partial charge in [0.2, 0.25) is 5.91 Å². The number of carbonyl (C=O) groups is 1. The second-order valence-corrected chi connectivity index (χ2v) is 6.52. The predicted octanol–water partition coefficient (Wildman–Crippen LogP) is 4.36. The number of nitrogen functional groups attached to an aromatic ring is 1. The van der Waals surface area contributed by atoms with Crippen molar-refractivity contribution >= 4 is 39.9 Å². The number of amides is 1. The lowest BCUT2D eigenvalue weighted by atomic mass is 10.1. The van der Waals surface area contributed by atoms with E-state index in [0.717, 1.165) is 35.2 Å². The highest BCUT2D eigenvalue weighted by Crippen LogP contribution is 2.16. The van der Waals surface area contributed by atoms with Crippen molar-refractivity contribution in [2.24, 2.45) is 0 Å². The molecule has 2 aromatic rings. The minimum atomic E-state index is 0. The number of unbranched alkanes of at least 4 members (excludes halogenated alkanes) is 1. The van der Waals surface area contributed by atoms with Crippen LogP contribution in [0.25, 0.3) is 0 Å². The van der Waals surface area contributed by atoms with Crippen LogP contribution in [0.15, 0.2) is 53.0 Å². The van der Waals surface area contributed by atoms with Gasteiger partial charge in [-0.3, -0.25) is 4.79 Å². The molecular formula is C19H24BrClN2O2. The summed E-state index contributed by atoms with van der Waals surface area (Å²) in [6.45, 7) is 1.28. The van der Waals surface area contributed by atoms with Crippen LogP contribution in [0.3, 0.4) is 0 Å². The van der Waals surface area contributed by atoms with E-state index in [9.17, 15) is 4.79 Å². The summed E-state index contributed by atoms with van der Waals surface area (Å²) in [6.07, 6.45) is 3.04. The summed E-state index contributed by atoms with van der Waals surface area (Å²) in [4.78, 5) is 11.8. The summed E-state index contributed by atoms with van der Waals surface area (Å²) >= 11 is 3.39. The normalized spacial score (nSPS) is 9.96. The Morgan fingerprint density at radius 1 is 1.04 bits per heavy atom. The highest BCUT2D eigenvalue weighted by Gasteiger charge is 2.01. The van der Waals surface area contributed by atoms with Gasteiger partial charge in [-0.15, -0.1) is 12.4 Å². The van der Waals surface area contributed by atoms with Crippen LogP contribution >= 0.6 is 28.3 Å². The lowest BCUT2D eigenvalue weighted by Gasteiger charge is -2.07. The zero-order chi connectivity index (χ0) is 17.2. The van der Waals surface area contributed by atoms with E-state index >= 15 is 0 Å². The lowest BCUT2D eigenvalue weighted by Crippen LogP contribution is -2.25. The topological polar surface area (TPSA) is 64.3 Å². The van der Waals surface area contributed by atoms with Gasteiger partial charge in [0.15, 0.2) is 0 Å². The number of hydrogen-bond acceptors (Lipinski definition) is 3. The van der Waals surface area contributed by atoms with Gasteiger partial charge in [0.1, 0.15) is 5.75 Å². The Morgan fingerprint density at radius 3 is 2.40 bits per heavy atom. The van der Waals surface area contributed by atoms with E-state index in [0.29, 0.717) is 19.6 Å². The molecule has 0 atom stereocenters. The first kappa shape index (κ1) is 21.3. The maximum absolute atomic E-state index is 11.8. The van der Waals surface area contributed by atoms with E-state index < -0.39 is 0 Å². The number of carbonyl (C=O) groups excluding carboxylic acids is 1. The van der Waals surface area contributed by atoms with Crippen LogP contribution < -0.4 is 15.8 Å². The molecule has 25 heavy (non-hydrogen) atoms. The van der Waals surface area contributed by atoms with Crippen molar-refractivity contribution in [2.45, 2.75) is 25.7 Å². The number of ether oxygens (including phenoxy) is 1. The highest BCUT2D eigenvalue weighted by atomic mass is 79.9. The Morgan fingerprint density at radius 2 is 1.72 bits per heavy atom. The van der Waals surface area contributed by atoms with Crippen LogP contribution in [0.2, 0.25) is 0 Å². The summed E-state index contributed by atoms with van der Waals surface area (Å²) in [5.74, 6) is 0.945. The first-order valence-electron chi connectivity index (χ1n) is 8.13. The number of hydrogen-bond donors (Lipinski definition) is 2. The molecule has 0 radical (unpaired) electrons. The summed E-state index contributed by atoms with van der Waals surface area (Å²) in [5, 5.41) is 2.94. The molecule has 0 aliphatic rings. The molecule has 136 valence electrons. The van der Waals surface area contributed by atoms with Crippen LogP contribution in [0.4, 0.5) is 5.69 Å². The summed E-state index contributed by atoms with van der Waals surface area (Å²) in [5.41, 5.74) is 7.58. The Balaban J connectivity index is 0.00000312. The molecule has 0 saturated heterocycles. The van der Waals surface area contributed by atoms with Gasteiger partial charge in [-0.05, 0) is 61.2 Å². The van der Waals surface area contributed by atoms with Gasteiger partial charge in [0, 0.05) is 23.1 Å². The van der Waals surface area contributed by atoms with Crippen LogP contribution in [0.1, 0.15) is 24.8 Å². The quantitative estimate of drug-likeness (QED) is 0.461. The Bertz CT molecular complexity index is 633. The number of halogens is 2. The molecule has 0 fully saturated rings. The number of nitrogens with two attached hydrogens (primary N) is 1. The van der Waals surface area contributed by atoms with Gasteiger partial charge < -0.3 is 15.8 Å². The Labute approximate surface area is 163 Å². The number of anilines is 1. The molecule has 0 aliphatic carbocycles. The van der Waals surface area contributed by atoms with E-state index in [4.69, 9.17) is 10.5 Å². The lowest BCUT2D eigenvalue weighted by molar-refractivity contribution is -0.121. The summed E-state index contributed by atoms with van der Waals surface area (Å²) in [7, 11) is 0. The fourth-order valence-corrected chi connectivity index (χ4v) is 2.49. The number of nitrogens with one attached hydrogen (secondary N) is 1. The fraction of sp³-hybridized carbons (Fsp3) is 0.316. The standard InChI is InChI=1S/C19H23BrN2O2.ClH/c20-16-6-10-18(11-7-16)24-14-2-1-3-19(23)22-13-12-15-4-8-17(21)9-5-15;/h4-11H,1-3,12-14,21H2,(H,22,23);1H. The first-order chi connectivity index (χ1) is 11.6. The molecule has 0 unspecified atom stereocenters. The van der Waals surface area contributed by atoms with Crippen LogP contribution in [0.5, 0.6) is 5.75 Å². The van der Waals surface area contributed by atoms with E-state index in [2.05, 4.69) is 21.2 Å². The SMILES string of the molecule is Cl.Nc1ccc(CCNC(=O)CCCCOc2ccc(Br)cc2)cc1. The van der Waals surface area contributed by atoms with Crippen LogP contribution in [-0.4, -0.2) is 19.1 Å². The van der Waals surface area contributed by atoms with Crippen molar-refractivity contribution in [1.29, 1.82) is 0 Å². The minimum Gasteiger partial charge on any atom is -0.494 e. The van der Waals surface area contributed by atoms with Gasteiger partial charge in [-0.1, -0.05) is 28.1 Å². The average Bonchev–Trinajstić information content (AvgIpc) is 2.58. The van der Waals surface area contributed by atoms with Gasteiger partial charge in [0.25, 0.3) is 0 Å². The monoisotopic (exact) mass is 426 g/mol. The highest BCUT2D eigenvalue weighted by molar-refractivity contribution is 9.10. The maximum Gasteiger partial charge on any atom is 0.220 e. The van der Waals surface area contributed by atoms with Gasteiger partial charge in [0.05, 0.1) is 6.61 Å². The van der Waals surface area contributed by atoms with E-state index in [1.54, 1.807) is 0 Å². The fourth-order valence-electron chi connectivity index (χ4n) is 2.23. The largest absolute Gasteiger partial charge is 0.494 e. The summed E-state index contributed by atoms with van der Waals surface area (Å²) in [6, 6.07) is 15.5. The Hall–Kier alpha value is -1.72. The zero-order valence-electron chi connectivity index (χ0n) is 14.0. The number of benzene rings is 2. The molecule has 0 heterocycles. The van der Waals surface area contributed by atoms with Gasteiger partial charge in [-0.2, -0.15) is 0 Å². The maximum atomic E-state index is 11.8. The van der Waals surface area contributed by atoms with Crippen molar-refractivity contribution < 1.29 is 9.53 Å². The van der Waals surface area contributed by atoms with Crippen molar-refractivity contribution in [3.63, 3.8) is 0 Å². The second kappa shape index (κ2) is 11.8. The smallest absolute Gasteiger partial charge is 0.220 e. The molecule has 4 nitrogen and oxygen atoms in total. The van der Waals surface area contributed by atoms with E-state index in [1.807, 2.05) is 48.5 Å². The molecule has 3 N–H and O–H groups in total. The molecule has 0 aromatic heterocycles. The second-order valence-electron chi connectivity index (χ2n) is 5.60. The van der Waals surface area contributed by atoms with Crippen molar-refractivity contribution in [1.82, 2.24) is 5.32 Å². The molecule has 0 spiro atoms. The Kier molecular flexibility index (Phi) is 10.0. The molecule has 2 aromatic carbocycles. The third-order valence-corrected chi connectivity index (χ3v) is 4.12. The molecule has 0 bridgehead atoms. The van der Waals surface area contributed by atoms with Crippen molar-refractivity contribution in [3.8, 4) is 5.75 Å². The zero-order valence-corrected chi connectivity index (χ0v) is 16.4. The molecular weight excluding hydrogens is 404 g/mol. The average molecular weight is 428 g/mol. The minimum absolute atomic E-state index is 0. The third kappa shape index (κ3) is 8.79. The molecule has 0 aliphatic heterocycles. The van der Waals surface area contributed by atoms with Crippen molar-refractivity contribution in [2.75, 3.05) is 18.9 Å². The van der Waals surface area contributed by atoms with Gasteiger partial charge >= 0.3 is 0 Å². The van der Waals surface area contributed by atoms with Crippen LogP contribution in [0, 0.1) is 0 Å². The third-order valence-electron chi connectivity index (χ3n) is 3.60. The van der Waals surface area contributed by atoms with E-state index in [-0.39, 0.29) is 18.3 Å². The van der Waals surface area contributed by atoms with Crippen molar-refractivity contribution in [3.05, 3.63) is 58.6 Å². The van der Waals surface area contributed by atoms with Gasteiger partial charge in [-0.25, -0.2) is 0 Å². The molecule has 0 saturated carbocycles. The first-order valence-corrected chi connectivity index (χ1v) is 8.92. The molecule has 2 rings (SSSR count). The number of rotatable bonds is 9. The summed E-state index contributed by atoms with van der Waals surface area (Å²) < 4.78 is 6.66. The predicted molar refractivity (Wildman–Crippen MR) is 108 cm³/mol. The van der Waals surface area contributed by atoms with Crippen LogP contribution in [-0.2, 0) is 11.2 Å². The molecule has 6 heteroatoms. The van der Waals surface area contributed by atoms with E-state index in [1.165, 1.54) is 5.56 Å². The molecule has 1 amide bonds.